The molecular formula is C38H27AlN2O3S. The number of benzene rings is 5. The first-order valence-electron chi connectivity index (χ1n) is 14.8. The van der Waals surface area contributed by atoms with Crippen molar-refractivity contribution in [3.8, 4) is 28.4 Å². The van der Waals surface area contributed by atoms with Crippen molar-refractivity contribution in [2.75, 3.05) is 0 Å². The summed E-state index contributed by atoms with van der Waals surface area (Å²) in [5.41, 5.74) is 5.66. The molecule has 0 bridgehead atoms. The average Bonchev–Trinajstić information content (AvgIpc) is 3.44. The van der Waals surface area contributed by atoms with E-state index in [1.807, 2.05) is 85.8 Å². The molecule has 7 heteroatoms. The van der Waals surface area contributed by atoms with Crippen LogP contribution in [0.4, 0.5) is 0 Å². The van der Waals surface area contributed by atoms with Gasteiger partial charge in [0.2, 0.25) is 0 Å². The Kier molecular flexibility index (Phi) is 7.08. The molecule has 0 fully saturated rings. The second-order valence-corrected chi connectivity index (χ2v) is 13.4. The molecule has 45 heavy (non-hydrogen) atoms. The largest absolute Gasteiger partial charge is 1.20 e. The Balaban J connectivity index is 1.13. The molecule has 0 saturated heterocycles. The standard InChI is InChI=1S/C18H12OS.2C10H9NO.Al/c19-14-8-5-12(6-9-14)13-7-10-18-16(11-13)15-3-1-2-4-17(15)20-18;2*1-7-5-6-8-3-2-4-9(12)10(8)11-7;/h1-11,19H;2*2-6,12H,1H3;/q;;;+3/p-3. The van der Waals surface area contributed by atoms with Crippen molar-refractivity contribution in [3.05, 3.63) is 139 Å². The van der Waals surface area contributed by atoms with Gasteiger partial charge in [0, 0.05) is 42.3 Å². The van der Waals surface area contributed by atoms with Crippen LogP contribution in [0, 0.1) is 13.8 Å². The number of pyridine rings is 2. The van der Waals surface area contributed by atoms with Gasteiger partial charge >= 0.3 is 15.1 Å². The Morgan fingerprint density at radius 2 is 1.11 bits per heavy atom. The normalized spacial score (nSPS) is 11.3. The van der Waals surface area contributed by atoms with E-state index in [1.165, 1.54) is 20.2 Å². The van der Waals surface area contributed by atoms with Crippen LogP contribution in [0.25, 0.3) is 53.1 Å². The summed E-state index contributed by atoms with van der Waals surface area (Å²) in [5, 5.41) is 4.56. The zero-order valence-corrected chi connectivity index (χ0v) is 26.7. The van der Waals surface area contributed by atoms with E-state index in [2.05, 4.69) is 66.7 Å². The smallest absolute Gasteiger partial charge is 0.577 e. The molecule has 8 rings (SSSR count). The quantitative estimate of drug-likeness (QED) is 0.166. The van der Waals surface area contributed by atoms with Crippen molar-refractivity contribution < 1.29 is 11.4 Å². The zero-order valence-electron chi connectivity index (χ0n) is 24.7. The topological polar surface area (TPSA) is 53.5 Å². The lowest BCUT2D eigenvalue weighted by Crippen LogP contribution is -2.37. The van der Waals surface area contributed by atoms with Gasteiger partial charge in [0.15, 0.2) is 0 Å². The van der Waals surface area contributed by atoms with E-state index >= 15 is 0 Å². The Bertz CT molecular complexity index is 2270. The number of nitrogens with zero attached hydrogens (tertiary/aromatic N) is 2. The highest BCUT2D eigenvalue weighted by atomic mass is 32.1. The molecule has 0 amide bonds. The third-order valence-corrected chi connectivity index (χ3v) is 10.4. The summed E-state index contributed by atoms with van der Waals surface area (Å²) in [7, 11) is 0. The van der Waals surface area contributed by atoms with Crippen LogP contribution in [0.15, 0.2) is 127 Å². The Morgan fingerprint density at radius 3 is 1.78 bits per heavy atom. The van der Waals surface area contributed by atoms with Crippen molar-refractivity contribution in [3.63, 3.8) is 0 Å². The lowest BCUT2D eigenvalue weighted by molar-refractivity contribution is 0.310. The minimum absolute atomic E-state index is 0.630. The van der Waals surface area contributed by atoms with Crippen molar-refractivity contribution in [1.82, 2.24) is 9.97 Å². The van der Waals surface area contributed by atoms with Crippen LogP contribution in [0.3, 0.4) is 0 Å². The molecule has 0 N–H and O–H groups in total. The van der Waals surface area contributed by atoms with Crippen molar-refractivity contribution in [2.24, 2.45) is 0 Å². The number of aromatic nitrogens is 2. The van der Waals surface area contributed by atoms with Crippen molar-refractivity contribution in [1.29, 1.82) is 0 Å². The second-order valence-electron chi connectivity index (χ2n) is 11.0. The molecule has 8 aromatic rings. The molecule has 5 nitrogen and oxygen atoms in total. The van der Waals surface area contributed by atoms with E-state index in [0.29, 0.717) is 17.2 Å². The van der Waals surface area contributed by atoms with E-state index in [0.717, 1.165) is 44.3 Å². The van der Waals surface area contributed by atoms with Crippen LogP contribution in [-0.4, -0.2) is 25.1 Å². The van der Waals surface area contributed by atoms with Gasteiger partial charge in [0.25, 0.3) is 0 Å². The third kappa shape index (κ3) is 5.47. The van der Waals surface area contributed by atoms with Crippen LogP contribution in [-0.2, 0) is 0 Å². The van der Waals surface area contributed by atoms with Gasteiger partial charge in [-0.2, -0.15) is 0 Å². The predicted molar refractivity (Wildman–Crippen MR) is 185 cm³/mol. The fourth-order valence-electron chi connectivity index (χ4n) is 5.65. The maximum absolute atomic E-state index is 6.57. The molecule has 0 saturated carbocycles. The van der Waals surface area contributed by atoms with Gasteiger partial charge in [0.1, 0.15) is 22.5 Å². The zero-order chi connectivity index (χ0) is 30.3. The molecular weight excluding hydrogens is 591 g/mol. The molecule has 0 aliphatic carbocycles. The fraction of sp³-hybridized carbons (Fsp3) is 0.0526. The first kappa shape index (κ1) is 27.6. The molecule has 216 valence electrons. The molecule has 0 aliphatic rings. The van der Waals surface area contributed by atoms with E-state index in [9.17, 15) is 0 Å². The van der Waals surface area contributed by atoms with E-state index < -0.39 is 15.1 Å². The summed E-state index contributed by atoms with van der Waals surface area (Å²) in [6.45, 7) is 3.95. The minimum Gasteiger partial charge on any atom is -0.577 e. The Hall–Kier alpha value is -4.93. The van der Waals surface area contributed by atoms with Crippen LogP contribution in [0.5, 0.6) is 17.2 Å². The van der Waals surface area contributed by atoms with Gasteiger partial charge in [-0.25, -0.2) is 9.97 Å². The average molecular weight is 619 g/mol. The highest BCUT2D eigenvalue weighted by molar-refractivity contribution is 7.25. The molecule has 0 unspecified atom stereocenters. The monoisotopic (exact) mass is 618 g/mol. The summed E-state index contributed by atoms with van der Waals surface area (Å²) >= 11 is -1.05. The highest BCUT2D eigenvalue weighted by Crippen LogP contribution is 2.37. The number of fused-ring (bicyclic) bond motifs is 5. The maximum atomic E-state index is 6.57. The Morgan fingerprint density at radius 1 is 0.511 bits per heavy atom. The molecule has 0 radical (unpaired) electrons. The van der Waals surface area contributed by atoms with Gasteiger partial charge in [-0.05, 0) is 79.6 Å². The number of thiophene rings is 1. The number of hydrogen-bond acceptors (Lipinski definition) is 6. The van der Waals surface area contributed by atoms with Gasteiger partial charge in [-0.15, -0.1) is 11.3 Å². The summed E-state index contributed by atoms with van der Waals surface area (Å²) in [5.74, 6) is 1.93. The molecule has 0 spiro atoms. The van der Waals surface area contributed by atoms with Gasteiger partial charge in [-0.1, -0.05) is 72.8 Å². The van der Waals surface area contributed by atoms with Crippen LogP contribution < -0.4 is 11.4 Å². The number of para-hydroxylation sites is 2. The molecule has 0 aliphatic heterocycles. The van der Waals surface area contributed by atoms with E-state index in [-0.39, 0.29) is 0 Å². The molecule has 3 heterocycles. The fourth-order valence-corrected chi connectivity index (χ4v) is 8.05. The predicted octanol–water partition coefficient (Wildman–Crippen LogP) is 9.96. The van der Waals surface area contributed by atoms with Gasteiger partial charge < -0.3 is 11.4 Å². The van der Waals surface area contributed by atoms with Crippen molar-refractivity contribution >= 4 is 68.5 Å². The summed E-state index contributed by atoms with van der Waals surface area (Å²) in [6, 6.07) is 43.3. The maximum Gasteiger partial charge on any atom is 1.20 e. The van der Waals surface area contributed by atoms with E-state index in [4.69, 9.17) is 21.3 Å². The Labute approximate surface area is 269 Å². The first-order chi connectivity index (χ1) is 22.1. The summed E-state index contributed by atoms with van der Waals surface area (Å²) in [6.07, 6.45) is 0. The second kappa shape index (κ2) is 11.5. The van der Waals surface area contributed by atoms with Crippen molar-refractivity contribution in [2.45, 2.75) is 13.8 Å². The SMILES string of the molecule is Cc1ccc2cccc([O][Al]([O]c3ccc(-c4ccc5sc6ccccc6c5c4)cc3)[O]c3cccc4ccc(C)nc34)c2n1. The van der Waals surface area contributed by atoms with Crippen LogP contribution in [0.1, 0.15) is 11.4 Å². The van der Waals surface area contributed by atoms with Gasteiger partial charge in [0.05, 0.1) is 5.75 Å². The third-order valence-electron chi connectivity index (χ3n) is 7.89. The highest BCUT2D eigenvalue weighted by Gasteiger charge is 2.45. The first-order valence-corrected chi connectivity index (χ1v) is 17.0. The molecule has 3 aromatic heterocycles. The lowest BCUT2D eigenvalue weighted by atomic mass is 10.0. The molecule has 0 atom stereocenters. The van der Waals surface area contributed by atoms with Crippen LogP contribution >= 0.6 is 11.3 Å². The number of rotatable bonds is 7. The van der Waals surface area contributed by atoms with Gasteiger partial charge in [-0.3, -0.25) is 0 Å². The molecule has 5 aromatic carbocycles. The minimum atomic E-state index is -2.88. The summed E-state index contributed by atoms with van der Waals surface area (Å²) < 4.78 is 22.3. The number of hydrogen-bond donors (Lipinski definition) is 0. The summed E-state index contributed by atoms with van der Waals surface area (Å²) in [4.78, 5) is 9.52. The lowest BCUT2D eigenvalue weighted by Gasteiger charge is -2.18. The number of aryl methyl sites for hydroxylation is 2. The van der Waals surface area contributed by atoms with Crippen LogP contribution in [0.2, 0.25) is 0 Å². The van der Waals surface area contributed by atoms with E-state index in [1.54, 1.807) is 0 Å².